The van der Waals surface area contributed by atoms with Crippen LogP contribution >= 0.6 is 10.0 Å². The number of hydrogen-bond acceptors (Lipinski definition) is 16. The van der Waals surface area contributed by atoms with E-state index in [-0.39, 0.29) is 61.4 Å². The van der Waals surface area contributed by atoms with Crippen LogP contribution in [0.25, 0.3) is 0 Å². The van der Waals surface area contributed by atoms with Crippen molar-refractivity contribution in [1.29, 1.82) is 0 Å². The minimum absolute atomic E-state index is 0. The second kappa shape index (κ2) is 19.9. The van der Waals surface area contributed by atoms with Crippen molar-refractivity contribution in [2.45, 2.75) is 0 Å². The fourth-order valence-corrected chi connectivity index (χ4v) is 4.53. The smallest absolute Gasteiger partial charge is 0.412 e. The maximum absolute atomic E-state index is 11.9. The van der Waals surface area contributed by atoms with Crippen molar-refractivity contribution in [3.8, 4) is 0 Å². The Morgan fingerprint density at radius 2 is 0.826 bits per heavy atom. The van der Waals surface area contributed by atoms with E-state index >= 15 is 0 Å². The zero-order valence-electron chi connectivity index (χ0n) is 22.8. The zero-order chi connectivity index (χ0) is 33.0. The number of carboxylic acids is 3. The van der Waals surface area contributed by atoms with E-state index in [4.69, 9.17) is 37.7 Å². The molecule has 0 aliphatic heterocycles. The van der Waals surface area contributed by atoms with Gasteiger partial charge in [0.25, 0.3) is 0 Å². The van der Waals surface area contributed by atoms with E-state index in [1.165, 1.54) is 24.3 Å². The van der Waals surface area contributed by atoms with Crippen LogP contribution in [0.5, 0.6) is 0 Å². The van der Waals surface area contributed by atoms with Crippen molar-refractivity contribution in [3.05, 3.63) is 88.0 Å². The molecule has 0 aromatic heterocycles. The van der Waals surface area contributed by atoms with E-state index in [1.54, 1.807) is 0 Å². The van der Waals surface area contributed by atoms with Crippen molar-refractivity contribution in [2.24, 2.45) is 0 Å². The summed E-state index contributed by atoms with van der Waals surface area (Å²) in [4.78, 5) is 66.9. The molecule has 0 fully saturated rings. The molecular weight excluding hydrogens is 687 g/mol. The van der Waals surface area contributed by atoms with Gasteiger partial charge in [-0.3, -0.25) is 0 Å². The molecule has 0 atom stereocenters. The second-order valence-corrected chi connectivity index (χ2v) is 10.8. The van der Waals surface area contributed by atoms with Gasteiger partial charge in [-0.05, 0) is 0 Å². The van der Waals surface area contributed by atoms with Crippen molar-refractivity contribution in [2.75, 3.05) is 17.2 Å². The van der Waals surface area contributed by atoms with Gasteiger partial charge in [0, 0.05) is 0 Å². The van der Waals surface area contributed by atoms with Crippen LogP contribution in [0.1, 0.15) is 62.1 Å². The maximum atomic E-state index is 11.9. The SMILES string of the molecule is Nc1cc(C(=O)[O-])ccc1C(=O)[O][Al+][Cl].Nc1cc(C(=O)[O-])ccc1C(=O)[O][Al+][O][Al+][O]C(=O)c1ccc(C(=O)[O-])cc1N.O.O. The molecule has 18 nitrogen and oxygen atoms in total. The number of carbonyl (C=O) groups is 6. The summed E-state index contributed by atoms with van der Waals surface area (Å²) in [6, 6.07) is 10.4. The molecule has 0 unspecified atom stereocenters. The van der Waals surface area contributed by atoms with Crippen LogP contribution in [0.2, 0.25) is 0 Å². The topological polar surface area (TPSA) is 350 Å². The standard InChI is InChI=1S/3C8H7NO4.3Al.ClH.2H2O.O/c3*9-6-3-4(7(10)11)1-2-5(6)8(12)13;;;;;;;/h3*1-3H,9H2,(H,10,11)(H,12,13);;;;1H;2*1H2;/q;;;2*+2;+3;;;;/p-7. The first-order chi connectivity index (χ1) is 20.8. The predicted molar refractivity (Wildman–Crippen MR) is 153 cm³/mol. The molecular formula is C24H19Al3ClN3O15. The summed E-state index contributed by atoms with van der Waals surface area (Å²) in [7, 11) is 5.28. The Labute approximate surface area is 282 Å². The quantitative estimate of drug-likeness (QED) is 0.0962. The summed E-state index contributed by atoms with van der Waals surface area (Å²) in [6.45, 7) is 0. The van der Waals surface area contributed by atoms with Gasteiger partial charge in [0.15, 0.2) is 0 Å². The second-order valence-electron chi connectivity index (χ2n) is 7.90. The minimum Gasteiger partial charge on any atom is -0.412 e. The van der Waals surface area contributed by atoms with Gasteiger partial charge in [-0.2, -0.15) is 0 Å². The fraction of sp³-hybridized carbons (Fsp3) is 0. The first-order valence-electron chi connectivity index (χ1n) is 11.4. The normalized spacial score (nSPS) is 9.07. The molecule has 46 heavy (non-hydrogen) atoms. The van der Waals surface area contributed by atoms with E-state index < -0.39 is 82.2 Å². The number of nitrogen functional groups attached to an aromatic ring is 3. The van der Waals surface area contributed by atoms with E-state index in [1.807, 2.05) is 0 Å². The van der Waals surface area contributed by atoms with Gasteiger partial charge in [0.1, 0.15) is 0 Å². The van der Waals surface area contributed by atoms with Crippen molar-refractivity contribution in [1.82, 2.24) is 0 Å². The molecule has 3 aromatic carbocycles. The van der Waals surface area contributed by atoms with E-state index in [2.05, 4.69) is 3.79 Å². The molecule has 10 N–H and O–H groups in total. The van der Waals surface area contributed by atoms with E-state index in [0.717, 1.165) is 30.3 Å². The van der Waals surface area contributed by atoms with Gasteiger partial charge in [0.2, 0.25) is 0 Å². The largest absolute Gasteiger partial charge is 0.412 e. The van der Waals surface area contributed by atoms with Crippen LogP contribution in [-0.4, -0.2) is 93.2 Å². The summed E-state index contributed by atoms with van der Waals surface area (Å²) in [6.07, 6.45) is 0. The Morgan fingerprint density at radius 3 is 1.07 bits per heavy atom. The van der Waals surface area contributed by atoms with Gasteiger partial charge >= 0.3 is 273 Å². The number of hydrogen-bond donors (Lipinski definition) is 3. The summed E-state index contributed by atoms with van der Waals surface area (Å²) in [5.74, 6) is -6.57. The zero-order valence-corrected chi connectivity index (χ0v) is 27.1. The average Bonchev–Trinajstić information content (AvgIpc) is 2.96. The van der Waals surface area contributed by atoms with Crippen molar-refractivity contribution >= 4 is 109 Å². The number of halogens is 1. The number of nitrogens with two attached hydrogens (primary N) is 3. The summed E-state index contributed by atoms with van der Waals surface area (Å²) in [5, 5.41) is 31.9. The Morgan fingerprint density at radius 1 is 0.543 bits per heavy atom. The third kappa shape index (κ3) is 12.2. The van der Waals surface area contributed by atoms with E-state index in [9.17, 15) is 44.1 Å². The molecule has 0 radical (unpaired) electrons. The van der Waals surface area contributed by atoms with Gasteiger partial charge < -0.3 is 11.0 Å². The third-order valence-electron chi connectivity index (χ3n) is 5.09. The maximum Gasteiger partial charge on any atom is -0.412 e. The summed E-state index contributed by atoms with van der Waals surface area (Å²) >= 11 is -3.62. The minimum atomic E-state index is -1.44. The first-order valence-corrected chi connectivity index (χ1v) is 15.5. The summed E-state index contributed by atoms with van der Waals surface area (Å²) < 4.78 is 19.3. The van der Waals surface area contributed by atoms with Gasteiger partial charge in [-0.25, -0.2) is 0 Å². The molecule has 236 valence electrons. The van der Waals surface area contributed by atoms with Crippen LogP contribution in [0.3, 0.4) is 0 Å². The Kier molecular flexibility index (Phi) is 18.0. The van der Waals surface area contributed by atoms with E-state index in [0.29, 0.717) is 0 Å². The number of anilines is 3. The molecule has 0 aliphatic carbocycles. The number of carbonyl (C=O) groups excluding carboxylic acids is 6. The Bertz CT molecular complexity index is 1530. The number of benzene rings is 3. The molecule has 0 aliphatic rings. The van der Waals surface area contributed by atoms with Crippen molar-refractivity contribution in [3.63, 3.8) is 0 Å². The molecule has 22 heteroatoms. The molecule has 0 saturated heterocycles. The van der Waals surface area contributed by atoms with Crippen LogP contribution in [-0.2, 0) is 14.2 Å². The van der Waals surface area contributed by atoms with Crippen LogP contribution in [0.15, 0.2) is 54.6 Å². The monoisotopic (exact) mass is 705 g/mol. The number of rotatable bonds is 11. The first kappa shape index (κ1) is 41.6. The molecule has 3 rings (SSSR count). The Balaban J connectivity index is 0.00000101. The molecule has 0 spiro atoms. The number of aromatic carboxylic acids is 3. The Hall–Kier alpha value is -4.35. The van der Waals surface area contributed by atoms with Crippen LogP contribution in [0.4, 0.5) is 17.1 Å². The average molecular weight is 706 g/mol. The van der Waals surface area contributed by atoms with Gasteiger partial charge in [-0.1, -0.05) is 0 Å². The van der Waals surface area contributed by atoms with Gasteiger partial charge in [-0.15, -0.1) is 0 Å². The van der Waals surface area contributed by atoms with Crippen LogP contribution < -0.4 is 32.5 Å². The molecule has 0 heterocycles. The van der Waals surface area contributed by atoms with Gasteiger partial charge in [0.05, 0.1) is 0 Å². The molecule has 0 saturated carbocycles. The predicted octanol–water partition coefficient (Wildman–Crippen LogP) is -4.41. The molecule has 0 amide bonds. The number of carboxylic acid groups (broad SMARTS) is 3. The third-order valence-corrected chi connectivity index (χ3v) is 7.17. The molecule has 3 aromatic rings. The molecule has 0 bridgehead atoms. The van der Waals surface area contributed by atoms with Crippen LogP contribution in [0, 0.1) is 0 Å². The fourth-order valence-electron chi connectivity index (χ4n) is 3.02. The van der Waals surface area contributed by atoms with Crippen molar-refractivity contribution < 1.29 is 69.2 Å². The summed E-state index contributed by atoms with van der Waals surface area (Å²) in [5.41, 5.74) is 16.0.